The molecule has 4 nitrogen and oxygen atoms in total. The number of phenols is 1. The standard InChI is InChI=1S/C22H25NO3/c1-15(2)5-9-20-16(3)11-19(23-14-24)13-18(20)8-6-17-7-10-21(25)22(12-17)26-4/h5-8,10-14,25H,9H2,1-4H3,(H,23,24)/b8-6+. The Hall–Kier alpha value is -3.01. The van der Waals surface area contributed by atoms with Crippen molar-refractivity contribution in [2.24, 2.45) is 0 Å². The molecule has 0 unspecified atom stereocenters. The second-order valence-corrected chi connectivity index (χ2v) is 6.37. The number of phenolic OH excluding ortho intramolecular Hbond substituents is 1. The van der Waals surface area contributed by atoms with Crippen LogP contribution in [-0.2, 0) is 11.2 Å². The third-order valence-electron chi connectivity index (χ3n) is 4.11. The summed E-state index contributed by atoms with van der Waals surface area (Å²) in [5.74, 6) is 0.548. The molecule has 2 aromatic rings. The van der Waals surface area contributed by atoms with Gasteiger partial charge in [-0.2, -0.15) is 0 Å². The van der Waals surface area contributed by atoms with Crippen molar-refractivity contribution in [3.05, 3.63) is 64.2 Å². The van der Waals surface area contributed by atoms with Crippen molar-refractivity contribution in [1.29, 1.82) is 0 Å². The molecule has 0 aliphatic carbocycles. The number of nitrogens with one attached hydrogen (secondary N) is 1. The van der Waals surface area contributed by atoms with Crippen LogP contribution < -0.4 is 10.1 Å². The lowest BCUT2D eigenvalue weighted by Gasteiger charge is -2.12. The second kappa shape index (κ2) is 8.90. The number of benzene rings is 2. The molecule has 0 aliphatic heterocycles. The topological polar surface area (TPSA) is 58.6 Å². The number of amides is 1. The van der Waals surface area contributed by atoms with Gasteiger partial charge in [-0.1, -0.05) is 29.9 Å². The monoisotopic (exact) mass is 351 g/mol. The van der Waals surface area contributed by atoms with Crippen LogP contribution in [0.3, 0.4) is 0 Å². The van der Waals surface area contributed by atoms with Gasteiger partial charge in [-0.25, -0.2) is 0 Å². The SMILES string of the molecule is COc1cc(/C=C/c2cc(NC=O)cc(C)c2CC=C(C)C)ccc1O. The van der Waals surface area contributed by atoms with Gasteiger partial charge in [-0.15, -0.1) is 0 Å². The van der Waals surface area contributed by atoms with Crippen LogP contribution in [0.1, 0.15) is 36.1 Å². The maximum atomic E-state index is 10.8. The molecular weight excluding hydrogens is 326 g/mol. The number of rotatable bonds is 7. The molecule has 0 spiro atoms. The van der Waals surface area contributed by atoms with Gasteiger partial charge in [-0.3, -0.25) is 4.79 Å². The highest BCUT2D eigenvalue weighted by molar-refractivity contribution is 5.78. The molecule has 136 valence electrons. The highest BCUT2D eigenvalue weighted by atomic mass is 16.5. The largest absolute Gasteiger partial charge is 0.504 e. The maximum Gasteiger partial charge on any atom is 0.211 e. The minimum absolute atomic E-state index is 0.113. The van der Waals surface area contributed by atoms with Crippen molar-refractivity contribution >= 4 is 24.2 Å². The maximum absolute atomic E-state index is 10.8. The van der Waals surface area contributed by atoms with E-state index < -0.39 is 0 Å². The first-order valence-electron chi connectivity index (χ1n) is 8.46. The van der Waals surface area contributed by atoms with Crippen LogP contribution in [0, 0.1) is 6.92 Å². The first-order chi connectivity index (χ1) is 12.4. The Labute approximate surface area is 154 Å². The molecule has 0 saturated carbocycles. The Morgan fingerprint density at radius 3 is 2.62 bits per heavy atom. The van der Waals surface area contributed by atoms with Crippen molar-refractivity contribution in [2.45, 2.75) is 27.2 Å². The van der Waals surface area contributed by atoms with Gasteiger partial charge in [-0.05, 0) is 73.7 Å². The average Bonchev–Trinajstić information content (AvgIpc) is 2.60. The molecule has 1 amide bonds. The van der Waals surface area contributed by atoms with E-state index >= 15 is 0 Å². The Kier molecular flexibility index (Phi) is 6.61. The lowest BCUT2D eigenvalue weighted by molar-refractivity contribution is -0.105. The number of allylic oxidation sites excluding steroid dienone is 2. The van der Waals surface area contributed by atoms with Crippen LogP contribution >= 0.6 is 0 Å². The third kappa shape index (κ3) is 4.99. The van der Waals surface area contributed by atoms with Crippen LogP contribution in [0.4, 0.5) is 5.69 Å². The lowest BCUT2D eigenvalue weighted by Crippen LogP contribution is -1.99. The second-order valence-electron chi connectivity index (χ2n) is 6.37. The lowest BCUT2D eigenvalue weighted by atomic mass is 9.96. The average molecular weight is 351 g/mol. The minimum Gasteiger partial charge on any atom is -0.504 e. The summed E-state index contributed by atoms with van der Waals surface area (Å²) in [6.07, 6.45) is 7.68. The zero-order chi connectivity index (χ0) is 19.1. The van der Waals surface area contributed by atoms with Crippen molar-refractivity contribution in [1.82, 2.24) is 0 Å². The molecule has 0 radical (unpaired) electrons. The predicted molar refractivity (Wildman–Crippen MR) is 108 cm³/mol. The summed E-state index contributed by atoms with van der Waals surface area (Å²) >= 11 is 0. The van der Waals surface area contributed by atoms with Gasteiger partial charge < -0.3 is 15.2 Å². The van der Waals surface area contributed by atoms with Gasteiger partial charge in [0.2, 0.25) is 6.41 Å². The van der Waals surface area contributed by atoms with Crippen molar-refractivity contribution in [3.63, 3.8) is 0 Å². The molecular formula is C22H25NO3. The minimum atomic E-state index is 0.113. The quantitative estimate of drug-likeness (QED) is 0.421. The van der Waals surface area contributed by atoms with E-state index in [1.54, 1.807) is 12.1 Å². The van der Waals surface area contributed by atoms with E-state index in [1.165, 1.54) is 18.2 Å². The summed E-state index contributed by atoms with van der Waals surface area (Å²) in [6.45, 7) is 6.21. The number of aromatic hydroxyl groups is 1. The summed E-state index contributed by atoms with van der Waals surface area (Å²) in [5.41, 5.74) is 6.32. The van der Waals surface area contributed by atoms with E-state index in [0.717, 1.165) is 28.8 Å². The molecule has 0 saturated heterocycles. The van der Waals surface area contributed by atoms with Crippen molar-refractivity contribution in [2.75, 3.05) is 12.4 Å². The van der Waals surface area contributed by atoms with E-state index in [2.05, 4.69) is 25.2 Å². The van der Waals surface area contributed by atoms with Gasteiger partial charge in [0.1, 0.15) is 0 Å². The van der Waals surface area contributed by atoms with Crippen LogP contribution in [-0.4, -0.2) is 18.6 Å². The molecule has 0 aromatic heterocycles. The number of ether oxygens (including phenoxy) is 1. The zero-order valence-corrected chi connectivity index (χ0v) is 15.7. The van der Waals surface area contributed by atoms with E-state index in [0.29, 0.717) is 12.2 Å². The first-order valence-corrected chi connectivity index (χ1v) is 8.46. The number of carbonyl (C=O) groups excluding carboxylic acids is 1. The van der Waals surface area contributed by atoms with E-state index in [4.69, 9.17) is 4.74 Å². The number of methoxy groups -OCH3 is 1. The van der Waals surface area contributed by atoms with Crippen molar-refractivity contribution < 1.29 is 14.6 Å². The predicted octanol–water partition coefficient (Wildman–Crippen LogP) is 4.96. The molecule has 2 aromatic carbocycles. The smallest absolute Gasteiger partial charge is 0.211 e. The highest BCUT2D eigenvalue weighted by Crippen LogP contribution is 2.28. The molecule has 0 atom stereocenters. The first kappa shape index (κ1) is 19.3. The highest BCUT2D eigenvalue weighted by Gasteiger charge is 2.06. The number of anilines is 1. The van der Waals surface area contributed by atoms with Crippen LogP contribution in [0.25, 0.3) is 12.2 Å². The van der Waals surface area contributed by atoms with Gasteiger partial charge in [0, 0.05) is 5.69 Å². The number of hydrogen-bond donors (Lipinski definition) is 2. The Morgan fingerprint density at radius 2 is 1.96 bits per heavy atom. The summed E-state index contributed by atoms with van der Waals surface area (Å²) in [5, 5.41) is 12.4. The van der Waals surface area contributed by atoms with E-state index in [9.17, 15) is 9.90 Å². The summed E-state index contributed by atoms with van der Waals surface area (Å²) in [4.78, 5) is 10.8. The Balaban J connectivity index is 2.44. The number of aryl methyl sites for hydroxylation is 1. The normalized spacial score (nSPS) is 10.6. The molecule has 0 fully saturated rings. The number of hydrogen-bond acceptors (Lipinski definition) is 3. The summed E-state index contributed by atoms with van der Waals surface area (Å²) < 4.78 is 5.16. The van der Waals surface area contributed by atoms with Crippen molar-refractivity contribution in [3.8, 4) is 11.5 Å². The fourth-order valence-electron chi connectivity index (χ4n) is 2.71. The fourth-order valence-corrected chi connectivity index (χ4v) is 2.71. The molecule has 0 bridgehead atoms. The molecule has 26 heavy (non-hydrogen) atoms. The fraction of sp³-hybridized carbons (Fsp3) is 0.227. The van der Waals surface area contributed by atoms with Gasteiger partial charge >= 0.3 is 0 Å². The Morgan fingerprint density at radius 1 is 1.19 bits per heavy atom. The molecule has 4 heteroatoms. The summed E-state index contributed by atoms with van der Waals surface area (Å²) in [7, 11) is 1.53. The van der Waals surface area contributed by atoms with Crippen LogP contribution in [0.2, 0.25) is 0 Å². The third-order valence-corrected chi connectivity index (χ3v) is 4.11. The van der Waals surface area contributed by atoms with Gasteiger partial charge in [0.25, 0.3) is 0 Å². The van der Waals surface area contributed by atoms with Crippen LogP contribution in [0.5, 0.6) is 11.5 Å². The van der Waals surface area contributed by atoms with Gasteiger partial charge in [0.05, 0.1) is 7.11 Å². The zero-order valence-electron chi connectivity index (χ0n) is 15.7. The molecule has 0 aliphatic rings. The summed E-state index contributed by atoms with van der Waals surface area (Å²) in [6, 6.07) is 9.15. The molecule has 0 heterocycles. The van der Waals surface area contributed by atoms with E-state index in [1.807, 2.05) is 37.3 Å². The van der Waals surface area contributed by atoms with Crippen LogP contribution in [0.15, 0.2) is 42.0 Å². The molecule has 2 rings (SSSR count). The Bertz CT molecular complexity index is 847. The van der Waals surface area contributed by atoms with E-state index in [-0.39, 0.29) is 5.75 Å². The molecule has 2 N–H and O–H groups in total. The van der Waals surface area contributed by atoms with Gasteiger partial charge in [0.15, 0.2) is 11.5 Å². The number of carbonyl (C=O) groups is 1.